The van der Waals surface area contributed by atoms with Crippen LogP contribution < -0.4 is 9.47 Å². The minimum absolute atomic E-state index is 0.0433. The lowest BCUT2D eigenvalue weighted by molar-refractivity contribution is 0.217. The van der Waals surface area contributed by atoms with Gasteiger partial charge < -0.3 is 14.6 Å². The predicted octanol–water partition coefficient (Wildman–Crippen LogP) is 8.21. The monoisotopic (exact) mass is 521 g/mol. The van der Waals surface area contributed by atoms with Crippen LogP contribution in [0.25, 0.3) is 44.3 Å². The Balaban J connectivity index is 1.64. The minimum Gasteiger partial charge on any atom is -0.507 e. The molecule has 0 bridgehead atoms. The normalized spacial score (nSPS) is 12.1. The Morgan fingerprint density at radius 3 is 2.18 bits per heavy atom. The number of nitrogens with zero attached hydrogens (tertiary/aromatic N) is 3. The maximum Gasteiger partial charge on any atom is 0.320 e. The molecule has 1 atom stereocenters. The highest BCUT2D eigenvalue weighted by Gasteiger charge is 2.18. The van der Waals surface area contributed by atoms with Gasteiger partial charge in [-0.2, -0.15) is 9.97 Å². The molecule has 200 valence electrons. The molecule has 0 aliphatic heterocycles. The molecule has 0 spiro atoms. The molecule has 6 nitrogen and oxygen atoms in total. The molecule has 1 heterocycles. The zero-order valence-corrected chi connectivity index (χ0v) is 22.9. The molecule has 0 aliphatic carbocycles. The molecule has 0 saturated heterocycles. The Labute approximate surface area is 229 Å². The third kappa shape index (κ3) is 5.80. The second-order valence-electron chi connectivity index (χ2n) is 9.80. The second-order valence-corrected chi connectivity index (χ2v) is 9.80. The van der Waals surface area contributed by atoms with E-state index in [4.69, 9.17) is 19.4 Å². The summed E-state index contributed by atoms with van der Waals surface area (Å²) in [6.45, 7) is 7.35. The van der Waals surface area contributed by atoms with Crippen LogP contribution in [0.5, 0.6) is 17.5 Å². The number of rotatable bonds is 11. The zero-order valence-electron chi connectivity index (χ0n) is 22.9. The molecule has 1 N–H and O–H groups in total. The molecular formula is C33H35N3O3. The highest BCUT2D eigenvalue weighted by Crippen LogP contribution is 2.36. The first-order valence-corrected chi connectivity index (χ1v) is 13.9. The fraction of sp³-hybridized carbons (Fsp3) is 0.303. The van der Waals surface area contributed by atoms with E-state index >= 15 is 0 Å². The van der Waals surface area contributed by atoms with Crippen molar-refractivity contribution in [3.63, 3.8) is 0 Å². The van der Waals surface area contributed by atoms with Gasteiger partial charge in [-0.25, -0.2) is 4.98 Å². The molecule has 4 aromatic carbocycles. The average molecular weight is 522 g/mol. The van der Waals surface area contributed by atoms with E-state index in [1.165, 1.54) is 11.8 Å². The third-order valence-electron chi connectivity index (χ3n) is 7.14. The first-order valence-electron chi connectivity index (χ1n) is 13.9. The van der Waals surface area contributed by atoms with Gasteiger partial charge in [0.1, 0.15) is 11.5 Å². The molecule has 6 heteroatoms. The Morgan fingerprint density at radius 1 is 0.744 bits per heavy atom. The molecule has 39 heavy (non-hydrogen) atoms. The number of ether oxygens (including phenoxy) is 2. The van der Waals surface area contributed by atoms with E-state index in [9.17, 15) is 5.11 Å². The van der Waals surface area contributed by atoms with Crippen molar-refractivity contribution in [1.29, 1.82) is 0 Å². The molecule has 0 fully saturated rings. The van der Waals surface area contributed by atoms with E-state index in [0.29, 0.717) is 42.1 Å². The van der Waals surface area contributed by atoms with Gasteiger partial charge in [-0.1, -0.05) is 81.6 Å². The van der Waals surface area contributed by atoms with Crippen molar-refractivity contribution in [2.45, 2.75) is 46.5 Å². The summed E-state index contributed by atoms with van der Waals surface area (Å²) in [5, 5.41) is 15.3. The largest absolute Gasteiger partial charge is 0.507 e. The van der Waals surface area contributed by atoms with Crippen LogP contribution in [0.3, 0.4) is 0 Å². The van der Waals surface area contributed by atoms with Crippen molar-refractivity contribution in [2.75, 3.05) is 13.2 Å². The van der Waals surface area contributed by atoms with Gasteiger partial charge in [0.05, 0.1) is 18.8 Å². The molecule has 1 aromatic heterocycles. The van der Waals surface area contributed by atoms with Crippen LogP contribution in [0.15, 0.2) is 72.8 Å². The number of aromatic hydroxyl groups is 1. The number of benzene rings is 4. The molecule has 0 radical (unpaired) electrons. The molecule has 0 aliphatic rings. The fourth-order valence-electron chi connectivity index (χ4n) is 4.95. The molecule has 0 amide bonds. The molecule has 5 aromatic rings. The lowest BCUT2D eigenvalue weighted by atomic mass is 9.97. The van der Waals surface area contributed by atoms with Crippen LogP contribution >= 0.6 is 0 Å². The summed E-state index contributed by atoms with van der Waals surface area (Å²) in [7, 11) is 0. The molecular weight excluding hydrogens is 486 g/mol. The quantitative estimate of drug-likeness (QED) is 0.176. The standard InChI is InChI=1S/C33H35N3O3/c1-4-7-12-22(5-2)21-39-33-35-31(28-18-17-24(38-6-3)20-30(28)37)34-32(36-33)29-19-23-13-8-9-14-25(23)26-15-10-11-16-27(26)29/h8-11,13-20,22,37H,4-7,12,21H2,1-3H3. The van der Waals surface area contributed by atoms with Crippen LogP contribution in [-0.2, 0) is 0 Å². The fourth-order valence-corrected chi connectivity index (χ4v) is 4.95. The number of fused-ring (bicyclic) bond motifs is 3. The van der Waals surface area contributed by atoms with Gasteiger partial charge in [0.15, 0.2) is 11.6 Å². The number of hydrogen-bond donors (Lipinski definition) is 1. The van der Waals surface area contributed by atoms with Gasteiger partial charge in [-0.05, 0) is 59.0 Å². The van der Waals surface area contributed by atoms with Crippen molar-refractivity contribution in [3.05, 3.63) is 72.8 Å². The summed E-state index contributed by atoms with van der Waals surface area (Å²) < 4.78 is 11.8. The summed E-state index contributed by atoms with van der Waals surface area (Å²) in [4.78, 5) is 14.3. The van der Waals surface area contributed by atoms with Crippen LogP contribution in [0.1, 0.15) is 46.5 Å². The number of phenolic OH excluding ortho intramolecular Hbond substituents is 1. The van der Waals surface area contributed by atoms with E-state index < -0.39 is 0 Å². The smallest absolute Gasteiger partial charge is 0.320 e. The van der Waals surface area contributed by atoms with E-state index in [0.717, 1.165) is 41.0 Å². The highest BCUT2D eigenvalue weighted by molar-refractivity contribution is 6.13. The van der Waals surface area contributed by atoms with Crippen molar-refractivity contribution >= 4 is 21.5 Å². The summed E-state index contributed by atoms with van der Waals surface area (Å²) in [5.41, 5.74) is 1.39. The first kappa shape index (κ1) is 26.4. The molecule has 1 unspecified atom stereocenters. The summed E-state index contributed by atoms with van der Waals surface area (Å²) >= 11 is 0. The third-order valence-corrected chi connectivity index (χ3v) is 7.14. The lowest BCUT2D eigenvalue weighted by Crippen LogP contribution is -2.13. The topological polar surface area (TPSA) is 77.4 Å². The van der Waals surface area contributed by atoms with Crippen LogP contribution in [0.2, 0.25) is 0 Å². The Hall–Kier alpha value is -4.19. The van der Waals surface area contributed by atoms with E-state index in [2.05, 4.69) is 55.2 Å². The lowest BCUT2D eigenvalue weighted by Gasteiger charge is -2.16. The molecule has 0 saturated carbocycles. The van der Waals surface area contributed by atoms with Crippen molar-refractivity contribution in [2.24, 2.45) is 5.92 Å². The van der Waals surface area contributed by atoms with Crippen LogP contribution in [0, 0.1) is 5.92 Å². The minimum atomic E-state index is 0.0433. The number of hydrogen-bond acceptors (Lipinski definition) is 6. The number of aromatic nitrogens is 3. The summed E-state index contributed by atoms with van der Waals surface area (Å²) in [6.07, 6.45) is 4.45. The van der Waals surface area contributed by atoms with Crippen molar-refractivity contribution in [1.82, 2.24) is 15.0 Å². The van der Waals surface area contributed by atoms with Crippen LogP contribution in [-0.4, -0.2) is 33.3 Å². The predicted molar refractivity (Wildman–Crippen MR) is 157 cm³/mol. The summed E-state index contributed by atoms with van der Waals surface area (Å²) in [5.74, 6) is 1.92. The summed E-state index contributed by atoms with van der Waals surface area (Å²) in [6, 6.07) is 24.2. The first-order chi connectivity index (χ1) is 19.1. The maximum atomic E-state index is 10.9. The van der Waals surface area contributed by atoms with Gasteiger partial charge >= 0.3 is 6.01 Å². The van der Waals surface area contributed by atoms with Crippen molar-refractivity contribution in [3.8, 4) is 40.3 Å². The van der Waals surface area contributed by atoms with Gasteiger partial charge in [0.25, 0.3) is 0 Å². The maximum absolute atomic E-state index is 10.9. The Morgan fingerprint density at radius 2 is 1.46 bits per heavy atom. The van der Waals surface area contributed by atoms with E-state index in [1.54, 1.807) is 12.1 Å². The zero-order chi connectivity index (χ0) is 27.2. The average Bonchev–Trinajstić information content (AvgIpc) is 2.97. The Kier molecular flexibility index (Phi) is 8.21. The molecule has 5 rings (SSSR count). The second kappa shape index (κ2) is 12.1. The van der Waals surface area contributed by atoms with Gasteiger partial charge in [-0.15, -0.1) is 0 Å². The van der Waals surface area contributed by atoms with Gasteiger partial charge in [-0.3, -0.25) is 0 Å². The van der Waals surface area contributed by atoms with E-state index in [1.807, 2.05) is 31.2 Å². The SMILES string of the molecule is CCCCC(CC)COc1nc(-c2ccc(OCC)cc2O)nc(-c2cc3ccccc3c3ccccc23)n1. The Bertz CT molecular complexity index is 1580. The number of unbranched alkanes of at least 4 members (excludes halogenated alkanes) is 1. The van der Waals surface area contributed by atoms with E-state index in [-0.39, 0.29) is 11.8 Å². The number of phenols is 1. The van der Waals surface area contributed by atoms with Crippen molar-refractivity contribution < 1.29 is 14.6 Å². The van der Waals surface area contributed by atoms with Gasteiger partial charge in [0, 0.05) is 11.6 Å². The van der Waals surface area contributed by atoms with Crippen LogP contribution in [0.4, 0.5) is 0 Å². The highest BCUT2D eigenvalue weighted by atomic mass is 16.5. The van der Waals surface area contributed by atoms with Gasteiger partial charge in [0.2, 0.25) is 0 Å².